The summed E-state index contributed by atoms with van der Waals surface area (Å²) in [7, 11) is 0. The van der Waals surface area contributed by atoms with Gasteiger partial charge in [0.15, 0.2) is 0 Å². The molecule has 0 saturated heterocycles. The van der Waals surface area contributed by atoms with E-state index in [4.69, 9.17) is 23.2 Å². The predicted octanol–water partition coefficient (Wildman–Crippen LogP) is 3.04. The molecule has 0 spiro atoms. The molecule has 0 aromatic rings. The Kier molecular flexibility index (Phi) is 10.2. The highest BCUT2D eigenvalue weighted by atomic mass is 35.5. The van der Waals surface area contributed by atoms with E-state index in [-0.39, 0.29) is 0 Å². The van der Waals surface area contributed by atoms with Gasteiger partial charge < -0.3 is 5.32 Å². The van der Waals surface area contributed by atoms with Gasteiger partial charge in [-0.1, -0.05) is 23.2 Å². The molecule has 1 nitrogen and oxygen atoms in total. The van der Waals surface area contributed by atoms with Crippen molar-refractivity contribution in [1.82, 2.24) is 5.32 Å². The van der Waals surface area contributed by atoms with E-state index in [1.807, 2.05) is 11.8 Å². The van der Waals surface area contributed by atoms with Crippen molar-refractivity contribution in [2.24, 2.45) is 0 Å². The summed E-state index contributed by atoms with van der Waals surface area (Å²) in [4.78, 5) is 0. The minimum Gasteiger partial charge on any atom is -0.312 e. The van der Waals surface area contributed by atoms with Crippen LogP contribution in [-0.4, -0.2) is 25.1 Å². The Labute approximate surface area is 88.9 Å². The molecule has 0 amide bonds. The second-order valence-corrected chi connectivity index (χ2v) is 4.12. The van der Waals surface area contributed by atoms with E-state index in [1.54, 1.807) is 0 Å². The Morgan fingerprint density at radius 3 is 2.83 bits per heavy atom. The number of nitrogens with one attached hydrogen (secondary N) is 1. The van der Waals surface area contributed by atoms with Gasteiger partial charge in [-0.3, -0.25) is 0 Å². The quantitative estimate of drug-likeness (QED) is 0.672. The van der Waals surface area contributed by atoms with Gasteiger partial charge in [-0.2, -0.15) is 11.8 Å². The van der Waals surface area contributed by atoms with E-state index in [0.29, 0.717) is 11.6 Å². The SMILES string of the molecule is CSCCCCNCC(Cl)=CCl. The van der Waals surface area contributed by atoms with Crippen LogP contribution in [-0.2, 0) is 0 Å². The summed E-state index contributed by atoms with van der Waals surface area (Å²) < 4.78 is 0. The van der Waals surface area contributed by atoms with Gasteiger partial charge in [0.2, 0.25) is 0 Å². The van der Waals surface area contributed by atoms with Crippen molar-refractivity contribution < 1.29 is 0 Å². The highest BCUT2D eigenvalue weighted by molar-refractivity contribution is 7.98. The van der Waals surface area contributed by atoms with Crippen molar-refractivity contribution >= 4 is 35.0 Å². The van der Waals surface area contributed by atoms with Gasteiger partial charge in [-0.15, -0.1) is 0 Å². The Bertz CT molecular complexity index is 128. The lowest BCUT2D eigenvalue weighted by molar-refractivity contribution is 0.682. The molecule has 4 heteroatoms. The van der Waals surface area contributed by atoms with E-state index >= 15 is 0 Å². The van der Waals surface area contributed by atoms with E-state index in [9.17, 15) is 0 Å². The molecule has 0 rings (SSSR count). The van der Waals surface area contributed by atoms with Crippen LogP contribution in [0.15, 0.2) is 10.6 Å². The molecule has 1 N–H and O–H groups in total. The van der Waals surface area contributed by atoms with Crippen molar-refractivity contribution in [2.45, 2.75) is 12.8 Å². The molecule has 0 unspecified atom stereocenters. The molecule has 0 bridgehead atoms. The number of rotatable bonds is 7. The molecule has 0 radical (unpaired) electrons. The van der Waals surface area contributed by atoms with Crippen LogP contribution in [0.2, 0.25) is 0 Å². The van der Waals surface area contributed by atoms with E-state index in [2.05, 4.69) is 11.6 Å². The summed E-state index contributed by atoms with van der Waals surface area (Å²) in [6.45, 7) is 1.70. The topological polar surface area (TPSA) is 12.0 Å². The monoisotopic (exact) mass is 227 g/mol. The first-order chi connectivity index (χ1) is 5.81. The summed E-state index contributed by atoms with van der Waals surface area (Å²) in [5.41, 5.74) is 1.40. The highest BCUT2D eigenvalue weighted by Gasteiger charge is 1.91. The van der Waals surface area contributed by atoms with Crippen LogP contribution in [0.4, 0.5) is 0 Å². The van der Waals surface area contributed by atoms with Crippen LogP contribution in [0.5, 0.6) is 0 Å². The fourth-order valence-electron chi connectivity index (χ4n) is 0.743. The summed E-state index contributed by atoms with van der Waals surface area (Å²) in [6, 6.07) is 0. The zero-order valence-electron chi connectivity index (χ0n) is 7.28. The molecule has 0 aliphatic rings. The number of hydrogen-bond acceptors (Lipinski definition) is 2. The molecule has 0 fully saturated rings. The van der Waals surface area contributed by atoms with E-state index in [1.165, 1.54) is 24.1 Å². The lowest BCUT2D eigenvalue weighted by Gasteiger charge is -2.02. The summed E-state index contributed by atoms with van der Waals surface area (Å²) in [6.07, 6.45) is 4.59. The van der Waals surface area contributed by atoms with Gasteiger partial charge in [0.25, 0.3) is 0 Å². The maximum absolute atomic E-state index is 5.67. The molecule has 0 aliphatic heterocycles. The standard InChI is InChI=1S/C8H15Cl2NS/c1-12-5-3-2-4-11-7-8(10)6-9/h6,11H,2-5,7H2,1H3. The maximum Gasteiger partial charge on any atom is 0.0431 e. The Hall–Kier alpha value is 0.630. The molecule has 0 heterocycles. The van der Waals surface area contributed by atoms with Crippen molar-refractivity contribution in [1.29, 1.82) is 0 Å². The van der Waals surface area contributed by atoms with Crippen molar-refractivity contribution in [2.75, 3.05) is 25.1 Å². The predicted molar refractivity (Wildman–Crippen MR) is 60.3 cm³/mol. The molecule has 0 aromatic heterocycles. The fraction of sp³-hybridized carbons (Fsp3) is 0.750. The van der Waals surface area contributed by atoms with Gasteiger partial charge in [0.05, 0.1) is 0 Å². The largest absolute Gasteiger partial charge is 0.312 e. The summed E-state index contributed by atoms with van der Waals surface area (Å²) in [5, 5.41) is 3.87. The zero-order chi connectivity index (χ0) is 9.23. The first-order valence-electron chi connectivity index (χ1n) is 3.95. The second kappa shape index (κ2) is 9.72. The van der Waals surface area contributed by atoms with Gasteiger partial charge >= 0.3 is 0 Å². The third kappa shape index (κ3) is 8.72. The first-order valence-corrected chi connectivity index (χ1v) is 6.16. The number of halogens is 2. The van der Waals surface area contributed by atoms with E-state index < -0.39 is 0 Å². The van der Waals surface area contributed by atoms with Gasteiger partial charge in [-0.25, -0.2) is 0 Å². The molecule has 72 valence electrons. The molecule has 0 aromatic carbocycles. The lowest BCUT2D eigenvalue weighted by atomic mass is 10.3. The second-order valence-electron chi connectivity index (χ2n) is 2.43. The molecular weight excluding hydrogens is 213 g/mol. The normalized spacial score (nSPS) is 12.1. The van der Waals surface area contributed by atoms with Crippen LogP contribution in [0.1, 0.15) is 12.8 Å². The maximum atomic E-state index is 5.67. The molecule has 0 aliphatic carbocycles. The van der Waals surface area contributed by atoms with E-state index in [0.717, 1.165) is 6.54 Å². The molecular formula is C8H15Cl2NS. The smallest absolute Gasteiger partial charge is 0.0431 e. The van der Waals surface area contributed by atoms with Gasteiger partial charge in [0, 0.05) is 17.1 Å². The van der Waals surface area contributed by atoms with Crippen LogP contribution in [0, 0.1) is 0 Å². The third-order valence-electron chi connectivity index (χ3n) is 1.36. The average Bonchev–Trinajstić information content (AvgIpc) is 2.10. The number of thioether (sulfide) groups is 1. The Balaban J connectivity index is 3.00. The lowest BCUT2D eigenvalue weighted by Crippen LogP contribution is -2.16. The van der Waals surface area contributed by atoms with Crippen molar-refractivity contribution in [3.63, 3.8) is 0 Å². The number of hydrogen-bond donors (Lipinski definition) is 1. The van der Waals surface area contributed by atoms with Crippen LogP contribution in [0.25, 0.3) is 0 Å². The van der Waals surface area contributed by atoms with Gasteiger partial charge in [-0.05, 0) is 31.4 Å². The molecule has 0 atom stereocenters. The van der Waals surface area contributed by atoms with Gasteiger partial charge in [0.1, 0.15) is 0 Å². The van der Waals surface area contributed by atoms with Crippen LogP contribution >= 0.6 is 35.0 Å². The Morgan fingerprint density at radius 2 is 2.25 bits per heavy atom. The fourth-order valence-corrected chi connectivity index (χ4v) is 1.41. The molecule has 0 saturated carbocycles. The average molecular weight is 228 g/mol. The molecule has 12 heavy (non-hydrogen) atoms. The van der Waals surface area contributed by atoms with Crippen LogP contribution < -0.4 is 5.32 Å². The first kappa shape index (κ1) is 12.6. The van der Waals surface area contributed by atoms with Crippen molar-refractivity contribution in [3.8, 4) is 0 Å². The Morgan fingerprint density at radius 1 is 1.50 bits per heavy atom. The summed E-state index contributed by atoms with van der Waals surface area (Å²) in [5.74, 6) is 1.24. The zero-order valence-corrected chi connectivity index (χ0v) is 9.61. The van der Waals surface area contributed by atoms with Crippen LogP contribution in [0.3, 0.4) is 0 Å². The highest BCUT2D eigenvalue weighted by Crippen LogP contribution is 2.01. The number of unbranched alkanes of at least 4 members (excludes halogenated alkanes) is 1. The third-order valence-corrected chi connectivity index (χ3v) is 2.68. The minimum atomic E-state index is 0.668. The van der Waals surface area contributed by atoms with Crippen molar-refractivity contribution in [3.05, 3.63) is 10.6 Å². The minimum absolute atomic E-state index is 0.668. The summed E-state index contributed by atoms with van der Waals surface area (Å²) >= 11 is 12.9.